The second-order valence-corrected chi connectivity index (χ2v) is 21.8. The third-order valence-electron chi connectivity index (χ3n) is 14.6. The van der Waals surface area contributed by atoms with Gasteiger partial charge in [-0.1, -0.05) is 248 Å². The van der Waals surface area contributed by atoms with E-state index >= 15 is 0 Å². The number of aliphatic hydroxyl groups excluding tert-OH is 5. The first-order valence-electron chi connectivity index (χ1n) is 31.7. The zero-order chi connectivity index (χ0) is 56.1. The van der Waals surface area contributed by atoms with Crippen molar-refractivity contribution in [3.63, 3.8) is 0 Å². The minimum absolute atomic E-state index is 0.0458. The Balaban J connectivity index is 2.72. The zero-order valence-corrected chi connectivity index (χ0v) is 49.3. The molecule has 0 aromatic rings. The molecule has 0 spiro atoms. The Morgan fingerprint density at radius 2 is 0.896 bits per heavy atom. The summed E-state index contributed by atoms with van der Waals surface area (Å²) < 4.78 is 17.6. The molecule has 1 aliphatic rings. The predicted octanol–water partition coefficient (Wildman–Crippen LogP) is 15.2. The summed E-state index contributed by atoms with van der Waals surface area (Å²) in [5, 5.41) is 57.0. The summed E-state index contributed by atoms with van der Waals surface area (Å²) in [5.41, 5.74) is 0. The van der Waals surface area contributed by atoms with Gasteiger partial charge in [0.15, 0.2) is 12.4 Å². The lowest BCUT2D eigenvalue weighted by Crippen LogP contribution is -2.61. The molecule has 0 bridgehead atoms. The molecule has 1 aliphatic heterocycles. The Kier molecular flexibility index (Phi) is 50.3. The maximum Gasteiger partial charge on any atom is 0.306 e. The molecule has 8 atom stereocenters. The Bertz CT molecular complexity index is 1530. The van der Waals surface area contributed by atoms with E-state index in [2.05, 4.69) is 80.8 Å². The molecule has 0 aliphatic carbocycles. The number of allylic oxidation sites excluding steroid dienone is 11. The third kappa shape index (κ3) is 41.7. The maximum atomic E-state index is 13.4. The summed E-state index contributed by atoms with van der Waals surface area (Å²) >= 11 is 0. The van der Waals surface area contributed by atoms with Crippen molar-refractivity contribution in [3.05, 3.63) is 72.9 Å². The number of hydrogen-bond donors (Lipinski definition) is 6. The van der Waals surface area contributed by atoms with Gasteiger partial charge >= 0.3 is 5.97 Å². The molecular weight excluding hydrogens is 967 g/mol. The SMILES string of the molecule is CCCCC/C=C\C/C=C\C/C=C\C/C=C\CCCC(=O)OC1C(OCC(NC(=O)C(O)CCCCCCCCCC/C=C/CCCCCCCC)C(O)/C=C/CCCCCCCCCCCCC)OC(CO)C(O)C1O. The molecule has 11 heteroatoms. The zero-order valence-electron chi connectivity index (χ0n) is 49.3. The maximum absolute atomic E-state index is 13.4. The van der Waals surface area contributed by atoms with Gasteiger partial charge in [-0.05, 0) is 89.9 Å². The summed E-state index contributed by atoms with van der Waals surface area (Å²) in [6, 6.07) is -1.04. The second-order valence-electron chi connectivity index (χ2n) is 21.8. The molecule has 0 saturated carbocycles. The van der Waals surface area contributed by atoms with Gasteiger partial charge < -0.3 is 45.1 Å². The van der Waals surface area contributed by atoms with Crippen LogP contribution in [0.2, 0.25) is 0 Å². The Labute approximate surface area is 471 Å². The van der Waals surface area contributed by atoms with Crippen molar-refractivity contribution >= 4 is 11.9 Å². The molecule has 1 fully saturated rings. The van der Waals surface area contributed by atoms with Crippen LogP contribution < -0.4 is 5.32 Å². The van der Waals surface area contributed by atoms with Gasteiger partial charge in [0.25, 0.3) is 0 Å². The van der Waals surface area contributed by atoms with Crippen LogP contribution in [0.5, 0.6) is 0 Å². The number of unbranched alkanes of at least 4 members (excludes halogenated alkanes) is 29. The van der Waals surface area contributed by atoms with E-state index in [9.17, 15) is 35.1 Å². The molecule has 77 heavy (non-hydrogen) atoms. The number of rotatable bonds is 53. The first kappa shape index (κ1) is 72.1. The lowest BCUT2D eigenvalue weighted by molar-refractivity contribution is -0.305. The van der Waals surface area contributed by atoms with Crippen molar-refractivity contribution in [2.24, 2.45) is 0 Å². The molecule has 11 nitrogen and oxygen atoms in total. The largest absolute Gasteiger partial charge is 0.454 e. The molecule has 1 saturated heterocycles. The summed E-state index contributed by atoms with van der Waals surface area (Å²) in [6.45, 7) is 5.74. The van der Waals surface area contributed by atoms with Crippen LogP contribution >= 0.6 is 0 Å². The standard InChI is InChI=1S/C66H117NO10/c1-4-7-10-13-16-19-22-25-27-29-31-32-35-38-41-44-47-50-53-59(70)65(74)67-57(58(69)52-49-46-43-40-37-34-24-21-18-15-12-9-6-3)56-75-66-64(63(73)62(72)60(55-68)76-66)77-61(71)54-51-48-45-42-39-36-33-30-28-26-23-20-17-14-11-8-5-2/h17,20,25-28,33,36,42,45,49,52,57-60,62-64,66,68-70,72-73H,4-16,18-19,21-24,29-32,34-35,37-41,43-44,46-48,50-51,53-56H2,1-3H3,(H,67,74)/b20-17-,27-25+,28-26-,36-33-,45-42-,52-49+. The number of ether oxygens (including phenoxy) is 3. The van der Waals surface area contributed by atoms with Crippen LogP contribution in [0.3, 0.4) is 0 Å². The molecule has 6 N–H and O–H groups in total. The fraction of sp³-hybridized carbons (Fsp3) is 0.788. The molecule has 0 radical (unpaired) electrons. The first-order valence-corrected chi connectivity index (χ1v) is 31.7. The smallest absolute Gasteiger partial charge is 0.306 e. The molecule has 8 unspecified atom stereocenters. The van der Waals surface area contributed by atoms with Crippen molar-refractivity contribution in [1.82, 2.24) is 5.32 Å². The molecular formula is C66H117NO10. The Hall–Kier alpha value is -2.90. The van der Waals surface area contributed by atoms with Crippen LogP contribution in [0.15, 0.2) is 72.9 Å². The molecule has 1 rings (SSSR count). The lowest BCUT2D eigenvalue weighted by Gasteiger charge is -2.41. The molecule has 0 aromatic heterocycles. The van der Waals surface area contributed by atoms with Gasteiger partial charge in [0.05, 0.1) is 25.4 Å². The fourth-order valence-corrected chi connectivity index (χ4v) is 9.52. The van der Waals surface area contributed by atoms with Crippen molar-refractivity contribution < 1.29 is 49.3 Å². The van der Waals surface area contributed by atoms with Gasteiger partial charge in [0, 0.05) is 6.42 Å². The van der Waals surface area contributed by atoms with Gasteiger partial charge in [-0.25, -0.2) is 0 Å². The number of amides is 1. The van der Waals surface area contributed by atoms with Crippen LogP contribution in [-0.2, 0) is 23.8 Å². The van der Waals surface area contributed by atoms with E-state index in [1.54, 1.807) is 6.08 Å². The van der Waals surface area contributed by atoms with Crippen molar-refractivity contribution in [3.8, 4) is 0 Å². The van der Waals surface area contributed by atoms with Gasteiger partial charge in [-0.3, -0.25) is 9.59 Å². The third-order valence-corrected chi connectivity index (χ3v) is 14.6. The minimum Gasteiger partial charge on any atom is -0.454 e. The van der Waals surface area contributed by atoms with Crippen LogP contribution in [-0.4, -0.2) is 99.6 Å². The van der Waals surface area contributed by atoms with Crippen LogP contribution in [0.25, 0.3) is 0 Å². The summed E-state index contributed by atoms with van der Waals surface area (Å²) in [5.74, 6) is -1.25. The van der Waals surface area contributed by atoms with E-state index in [-0.39, 0.29) is 19.4 Å². The number of esters is 1. The number of hydrogen-bond acceptors (Lipinski definition) is 10. The van der Waals surface area contributed by atoms with Gasteiger partial charge in [-0.2, -0.15) is 0 Å². The summed E-state index contributed by atoms with van der Waals surface area (Å²) in [4.78, 5) is 26.5. The van der Waals surface area contributed by atoms with Crippen molar-refractivity contribution in [2.75, 3.05) is 13.2 Å². The Morgan fingerprint density at radius 1 is 0.506 bits per heavy atom. The number of nitrogens with one attached hydrogen (secondary N) is 1. The average Bonchev–Trinajstić information content (AvgIpc) is 3.43. The lowest BCUT2D eigenvalue weighted by atomic mass is 9.99. The average molecular weight is 1080 g/mol. The summed E-state index contributed by atoms with van der Waals surface area (Å²) in [6.07, 6.45) is 58.0. The highest BCUT2D eigenvalue weighted by Gasteiger charge is 2.47. The second kappa shape index (κ2) is 53.7. The molecule has 446 valence electrons. The van der Waals surface area contributed by atoms with E-state index in [1.165, 1.54) is 148 Å². The van der Waals surface area contributed by atoms with Gasteiger partial charge in [-0.15, -0.1) is 0 Å². The Morgan fingerprint density at radius 3 is 1.38 bits per heavy atom. The van der Waals surface area contributed by atoms with Gasteiger partial charge in [0.1, 0.15) is 24.4 Å². The summed E-state index contributed by atoms with van der Waals surface area (Å²) in [7, 11) is 0. The van der Waals surface area contributed by atoms with Crippen LogP contribution in [0.1, 0.15) is 271 Å². The van der Waals surface area contributed by atoms with Crippen molar-refractivity contribution in [2.45, 2.75) is 320 Å². The highest BCUT2D eigenvalue weighted by atomic mass is 16.7. The number of aliphatic hydroxyl groups is 5. The first-order chi connectivity index (χ1) is 37.7. The monoisotopic (exact) mass is 1080 g/mol. The van der Waals surface area contributed by atoms with Crippen LogP contribution in [0, 0.1) is 0 Å². The molecule has 1 heterocycles. The van der Waals surface area contributed by atoms with Crippen LogP contribution in [0.4, 0.5) is 0 Å². The minimum atomic E-state index is -1.64. The molecule has 1 amide bonds. The quantitative estimate of drug-likeness (QED) is 0.0195. The fourth-order valence-electron chi connectivity index (χ4n) is 9.52. The van der Waals surface area contributed by atoms with E-state index < -0.39 is 67.4 Å². The normalized spacial score (nSPS) is 19.5. The highest BCUT2D eigenvalue weighted by molar-refractivity contribution is 5.80. The number of carbonyl (C=O) groups excluding carboxylic acids is 2. The van der Waals surface area contributed by atoms with E-state index in [4.69, 9.17) is 14.2 Å². The van der Waals surface area contributed by atoms with E-state index in [0.29, 0.717) is 19.3 Å². The predicted molar refractivity (Wildman–Crippen MR) is 319 cm³/mol. The van der Waals surface area contributed by atoms with E-state index in [0.717, 1.165) is 70.6 Å². The number of carbonyl (C=O) groups is 2. The topological polar surface area (TPSA) is 175 Å². The highest BCUT2D eigenvalue weighted by Crippen LogP contribution is 2.26. The van der Waals surface area contributed by atoms with E-state index in [1.807, 2.05) is 12.2 Å². The molecule has 0 aromatic carbocycles. The van der Waals surface area contributed by atoms with Gasteiger partial charge in [0.2, 0.25) is 5.91 Å². The van der Waals surface area contributed by atoms with Crippen molar-refractivity contribution in [1.29, 1.82) is 0 Å².